The van der Waals surface area contributed by atoms with Gasteiger partial charge in [0.05, 0.1) is 5.54 Å². The third-order valence-corrected chi connectivity index (χ3v) is 4.59. The lowest BCUT2D eigenvalue weighted by Crippen LogP contribution is -2.53. The van der Waals surface area contributed by atoms with Gasteiger partial charge in [-0.3, -0.25) is 4.79 Å². The van der Waals surface area contributed by atoms with Crippen molar-refractivity contribution in [2.75, 3.05) is 26.2 Å². The number of nitrogens with two attached hydrogens (primary N) is 1. The quantitative estimate of drug-likeness (QED) is 0.637. The molecule has 3 N–H and O–H groups in total. The Labute approximate surface area is 124 Å². The van der Waals surface area contributed by atoms with E-state index in [0.717, 1.165) is 44.7 Å². The maximum Gasteiger partial charge on any atom is 0.237 e. The second kappa shape index (κ2) is 8.63. The molecule has 1 fully saturated rings. The fraction of sp³-hybridized carbons (Fsp3) is 0.938. The van der Waals surface area contributed by atoms with Gasteiger partial charge in [-0.25, -0.2) is 0 Å². The molecule has 4 heteroatoms. The summed E-state index contributed by atoms with van der Waals surface area (Å²) < 4.78 is 0. The number of carbonyl (C=O) groups excluding carboxylic acids is 1. The van der Waals surface area contributed by atoms with Crippen molar-refractivity contribution in [1.29, 1.82) is 0 Å². The van der Waals surface area contributed by atoms with Crippen LogP contribution in [0.25, 0.3) is 0 Å². The number of nitrogens with one attached hydrogen (secondary N) is 1. The largest absolute Gasteiger partial charge is 0.368 e. The van der Waals surface area contributed by atoms with Crippen molar-refractivity contribution in [1.82, 2.24) is 10.2 Å². The molecule has 1 rings (SSSR count). The predicted octanol–water partition coefficient (Wildman–Crippen LogP) is 2.13. The van der Waals surface area contributed by atoms with Gasteiger partial charge in [0.2, 0.25) is 5.91 Å². The molecule has 4 nitrogen and oxygen atoms in total. The van der Waals surface area contributed by atoms with Crippen LogP contribution < -0.4 is 11.1 Å². The van der Waals surface area contributed by atoms with Crippen molar-refractivity contribution in [2.45, 2.75) is 64.8 Å². The van der Waals surface area contributed by atoms with E-state index in [9.17, 15) is 4.79 Å². The number of likely N-dealkylation sites (tertiary alicyclic amines) is 1. The van der Waals surface area contributed by atoms with Crippen molar-refractivity contribution in [3.8, 4) is 0 Å². The minimum absolute atomic E-state index is 0.224. The van der Waals surface area contributed by atoms with Gasteiger partial charge < -0.3 is 16.0 Å². The summed E-state index contributed by atoms with van der Waals surface area (Å²) in [5.74, 6) is 0.667. The normalized spacial score (nSPS) is 20.8. The summed E-state index contributed by atoms with van der Waals surface area (Å²) in [6.45, 7) is 10.9. The third kappa shape index (κ3) is 5.80. The molecule has 1 unspecified atom stereocenters. The molecule has 1 amide bonds. The van der Waals surface area contributed by atoms with Crippen LogP contribution in [-0.4, -0.2) is 42.5 Å². The molecule has 1 atom stereocenters. The van der Waals surface area contributed by atoms with Crippen molar-refractivity contribution >= 4 is 5.91 Å². The van der Waals surface area contributed by atoms with E-state index in [0.29, 0.717) is 0 Å². The highest BCUT2D eigenvalue weighted by atomic mass is 16.1. The van der Waals surface area contributed by atoms with Crippen molar-refractivity contribution in [3.05, 3.63) is 0 Å². The van der Waals surface area contributed by atoms with E-state index >= 15 is 0 Å². The van der Waals surface area contributed by atoms with Gasteiger partial charge in [0.1, 0.15) is 0 Å². The molecule has 0 saturated carbocycles. The van der Waals surface area contributed by atoms with Crippen LogP contribution in [0, 0.1) is 5.92 Å². The Hall–Kier alpha value is -0.610. The lowest BCUT2D eigenvalue weighted by molar-refractivity contribution is -0.124. The van der Waals surface area contributed by atoms with Crippen molar-refractivity contribution in [3.63, 3.8) is 0 Å². The van der Waals surface area contributed by atoms with Crippen molar-refractivity contribution in [2.24, 2.45) is 11.7 Å². The number of amides is 1. The van der Waals surface area contributed by atoms with Crippen LogP contribution in [0.3, 0.4) is 0 Å². The molecule has 20 heavy (non-hydrogen) atoms. The first-order valence-electron chi connectivity index (χ1n) is 8.25. The highest BCUT2D eigenvalue weighted by molar-refractivity contribution is 5.84. The number of rotatable bonds is 9. The Balaban J connectivity index is 2.22. The van der Waals surface area contributed by atoms with Crippen LogP contribution in [0.15, 0.2) is 0 Å². The number of primary amides is 1. The molecule has 0 aliphatic carbocycles. The van der Waals surface area contributed by atoms with E-state index in [2.05, 4.69) is 24.1 Å². The second-order valence-electron chi connectivity index (χ2n) is 6.60. The summed E-state index contributed by atoms with van der Waals surface area (Å²) in [6, 6.07) is 0. The summed E-state index contributed by atoms with van der Waals surface area (Å²) in [5.41, 5.74) is 5.00. The molecule has 0 aromatic carbocycles. The summed E-state index contributed by atoms with van der Waals surface area (Å²) in [5, 5.41) is 3.30. The first-order valence-corrected chi connectivity index (χ1v) is 8.25. The van der Waals surface area contributed by atoms with E-state index < -0.39 is 5.54 Å². The molecular formula is C16H33N3O. The van der Waals surface area contributed by atoms with Gasteiger partial charge in [-0.15, -0.1) is 0 Å². The van der Waals surface area contributed by atoms with Gasteiger partial charge in [-0.2, -0.15) is 0 Å². The van der Waals surface area contributed by atoms with Gasteiger partial charge in [-0.05, 0) is 77.5 Å². The SMILES string of the molecule is CCCNC(C)(CCCCN1CCC(C)CC1)C(N)=O. The number of hydrogen-bond donors (Lipinski definition) is 2. The molecule has 118 valence electrons. The average molecular weight is 283 g/mol. The fourth-order valence-corrected chi connectivity index (χ4v) is 2.80. The monoisotopic (exact) mass is 283 g/mol. The molecule has 0 spiro atoms. The van der Waals surface area contributed by atoms with E-state index in [1.54, 1.807) is 0 Å². The van der Waals surface area contributed by atoms with Crippen LogP contribution in [0.5, 0.6) is 0 Å². The van der Waals surface area contributed by atoms with E-state index in [4.69, 9.17) is 5.73 Å². The highest BCUT2D eigenvalue weighted by Crippen LogP contribution is 2.18. The zero-order chi connectivity index (χ0) is 15.0. The lowest BCUT2D eigenvalue weighted by atomic mass is 9.93. The van der Waals surface area contributed by atoms with Gasteiger partial charge >= 0.3 is 0 Å². The lowest BCUT2D eigenvalue weighted by Gasteiger charge is -2.31. The molecule has 1 heterocycles. The van der Waals surface area contributed by atoms with Crippen molar-refractivity contribution < 1.29 is 4.79 Å². The Morgan fingerprint density at radius 3 is 2.55 bits per heavy atom. The summed E-state index contributed by atoms with van der Waals surface area (Å²) in [4.78, 5) is 14.2. The van der Waals surface area contributed by atoms with Gasteiger partial charge in [0.25, 0.3) is 0 Å². The molecule has 0 aromatic rings. The van der Waals surface area contributed by atoms with E-state index in [-0.39, 0.29) is 5.91 Å². The molecule has 1 saturated heterocycles. The Bertz CT molecular complexity index is 287. The van der Waals surface area contributed by atoms with Crippen LogP contribution >= 0.6 is 0 Å². The maximum atomic E-state index is 11.6. The zero-order valence-corrected chi connectivity index (χ0v) is 13.6. The number of carbonyl (C=O) groups is 1. The summed E-state index contributed by atoms with van der Waals surface area (Å²) >= 11 is 0. The predicted molar refractivity (Wildman–Crippen MR) is 84.6 cm³/mol. The number of nitrogens with zero attached hydrogens (tertiary/aromatic N) is 1. The maximum absolute atomic E-state index is 11.6. The molecular weight excluding hydrogens is 250 g/mol. The zero-order valence-electron chi connectivity index (χ0n) is 13.6. The Morgan fingerprint density at radius 2 is 2.00 bits per heavy atom. The topological polar surface area (TPSA) is 58.4 Å². The van der Waals surface area contributed by atoms with E-state index in [1.165, 1.54) is 25.9 Å². The average Bonchev–Trinajstić information content (AvgIpc) is 2.43. The van der Waals surface area contributed by atoms with Crippen LogP contribution in [-0.2, 0) is 4.79 Å². The number of hydrogen-bond acceptors (Lipinski definition) is 3. The fourth-order valence-electron chi connectivity index (χ4n) is 2.80. The smallest absolute Gasteiger partial charge is 0.237 e. The van der Waals surface area contributed by atoms with Crippen LogP contribution in [0.2, 0.25) is 0 Å². The number of unbranched alkanes of at least 4 members (excludes halogenated alkanes) is 1. The Morgan fingerprint density at radius 1 is 1.35 bits per heavy atom. The van der Waals surface area contributed by atoms with Gasteiger partial charge in [-0.1, -0.05) is 13.8 Å². The standard InChI is InChI=1S/C16H33N3O/c1-4-10-18-16(3,15(17)20)9-5-6-11-19-12-7-14(2)8-13-19/h14,18H,4-13H2,1-3H3,(H2,17,20). The minimum atomic E-state index is -0.535. The summed E-state index contributed by atoms with van der Waals surface area (Å²) in [6.07, 6.45) is 6.74. The highest BCUT2D eigenvalue weighted by Gasteiger charge is 2.29. The second-order valence-corrected chi connectivity index (χ2v) is 6.60. The van der Waals surface area contributed by atoms with Crippen LogP contribution in [0.4, 0.5) is 0 Å². The first kappa shape index (κ1) is 17.4. The molecule has 0 bridgehead atoms. The molecule has 0 aromatic heterocycles. The number of piperidine rings is 1. The van der Waals surface area contributed by atoms with Gasteiger partial charge in [0.15, 0.2) is 0 Å². The first-order chi connectivity index (χ1) is 9.48. The minimum Gasteiger partial charge on any atom is -0.368 e. The third-order valence-electron chi connectivity index (χ3n) is 4.59. The summed E-state index contributed by atoms with van der Waals surface area (Å²) in [7, 11) is 0. The molecule has 1 aliphatic heterocycles. The van der Waals surface area contributed by atoms with Crippen LogP contribution in [0.1, 0.15) is 59.3 Å². The van der Waals surface area contributed by atoms with Gasteiger partial charge in [0, 0.05) is 0 Å². The molecule has 1 aliphatic rings. The Kier molecular flexibility index (Phi) is 7.52. The molecule has 0 radical (unpaired) electrons. The van der Waals surface area contributed by atoms with E-state index in [1.807, 2.05) is 6.92 Å².